The Morgan fingerprint density at radius 3 is 2.83 bits per heavy atom. The van der Waals surface area contributed by atoms with Gasteiger partial charge in [-0.05, 0) is 31.1 Å². The zero-order valence-corrected chi connectivity index (χ0v) is 11.2. The molecular weight excluding hydrogens is 226 g/mol. The number of nitrogens with two attached hydrogens (primary N) is 1. The van der Waals surface area contributed by atoms with E-state index in [4.69, 9.17) is 15.9 Å². The SMILES string of the molecule is N=C(N)CC1(CN2CCOC3CCCCC32)CC1. The Balaban J connectivity index is 1.62. The molecule has 0 amide bonds. The van der Waals surface area contributed by atoms with Crippen LogP contribution in [0.25, 0.3) is 0 Å². The summed E-state index contributed by atoms with van der Waals surface area (Å²) in [5.41, 5.74) is 5.93. The number of hydrogen-bond acceptors (Lipinski definition) is 3. The first-order valence-electron chi connectivity index (χ1n) is 7.37. The molecule has 3 fully saturated rings. The van der Waals surface area contributed by atoms with Crippen molar-refractivity contribution in [1.29, 1.82) is 5.41 Å². The second-order valence-electron chi connectivity index (χ2n) is 6.43. The number of nitrogens with zero attached hydrogens (tertiary/aromatic N) is 1. The second kappa shape index (κ2) is 4.82. The fourth-order valence-electron chi connectivity index (χ4n) is 3.78. The number of amidine groups is 1. The summed E-state index contributed by atoms with van der Waals surface area (Å²) in [6, 6.07) is 0.636. The van der Waals surface area contributed by atoms with E-state index in [-0.39, 0.29) is 0 Å². The van der Waals surface area contributed by atoms with Gasteiger partial charge >= 0.3 is 0 Å². The lowest BCUT2D eigenvalue weighted by molar-refractivity contribution is -0.0930. The lowest BCUT2D eigenvalue weighted by Crippen LogP contribution is -2.54. The van der Waals surface area contributed by atoms with E-state index in [1.54, 1.807) is 0 Å². The minimum absolute atomic E-state index is 0.338. The van der Waals surface area contributed by atoms with Gasteiger partial charge in [0, 0.05) is 25.6 Å². The van der Waals surface area contributed by atoms with Gasteiger partial charge in [0.2, 0.25) is 0 Å². The Morgan fingerprint density at radius 2 is 2.11 bits per heavy atom. The topological polar surface area (TPSA) is 62.3 Å². The van der Waals surface area contributed by atoms with Gasteiger partial charge in [0.25, 0.3) is 0 Å². The van der Waals surface area contributed by atoms with Crippen LogP contribution in [-0.2, 0) is 4.74 Å². The van der Waals surface area contributed by atoms with Crippen molar-refractivity contribution in [1.82, 2.24) is 4.90 Å². The summed E-state index contributed by atoms with van der Waals surface area (Å²) in [4.78, 5) is 2.64. The molecule has 3 aliphatic rings. The van der Waals surface area contributed by atoms with Crippen LogP contribution < -0.4 is 5.73 Å². The third-order valence-corrected chi connectivity index (χ3v) is 4.91. The molecule has 3 rings (SSSR count). The number of rotatable bonds is 4. The van der Waals surface area contributed by atoms with Crippen LogP contribution in [-0.4, -0.2) is 42.6 Å². The predicted octanol–water partition coefficient (Wildman–Crippen LogP) is 1.74. The standard InChI is InChI=1S/C14H25N3O/c15-13(16)9-14(5-6-14)10-17-7-8-18-12-4-2-1-3-11(12)17/h11-12H,1-10H2,(H3,15,16). The van der Waals surface area contributed by atoms with E-state index in [0.29, 0.717) is 23.4 Å². The Kier molecular flexibility index (Phi) is 3.32. The quantitative estimate of drug-likeness (QED) is 0.591. The Bertz CT molecular complexity index is 325. The maximum atomic E-state index is 7.52. The molecule has 1 aliphatic heterocycles. The highest BCUT2D eigenvalue weighted by Crippen LogP contribution is 2.50. The maximum absolute atomic E-state index is 7.52. The van der Waals surface area contributed by atoms with Crippen molar-refractivity contribution in [3.63, 3.8) is 0 Å². The van der Waals surface area contributed by atoms with Crippen LogP contribution in [0.5, 0.6) is 0 Å². The maximum Gasteiger partial charge on any atom is 0.0911 e. The molecule has 4 heteroatoms. The molecule has 1 saturated heterocycles. The zero-order valence-electron chi connectivity index (χ0n) is 11.2. The molecule has 2 atom stereocenters. The summed E-state index contributed by atoms with van der Waals surface area (Å²) >= 11 is 0. The molecule has 1 heterocycles. The molecule has 0 aromatic heterocycles. The van der Waals surface area contributed by atoms with Crippen LogP contribution in [0.3, 0.4) is 0 Å². The van der Waals surface area contributed by atoms with Gasteiger partial charge in [-0.25, -0.2) is 0 Å². The highest BCUT2D eigenvalue weighted by Gasteiger charge is 2.46. The summed E-state index contributed by atoms with van der Waals surface area (Å²) in [5.74, 6) is 0.362. The van der Waals surface area contributed by atoms with Gasteiger partial charge in [-0.2, -0.15) is 0 Å². The van der Waals surface area contributed by atoms with Crippen LogP contribution in [0.15, 0.2) is 0 Å². The molecule has 0 bridgehead atoms. The van der Waals surface area contributed by atoms with Crippen molar-refractivity contribution in [2.24, 2.45) is 11.1 Å². The van der Waals surface area contributed by atoms with Crippen LogP contribution in [0.1, 0.15) is 44.9 Å². The van der Waals surface area contributed by atoms with Gasteiger partial charge in [-0.15, -0.1) is 0 Å². The third kappa shape index (κ3) is 2.54. The smallest absolute Gasteiger partial charge is 0.0911 e. The second-order valence-corrected chi connectivity index (χ2v) is 6.43. The average molecular weight is 251 g/mol. The molecule has 0 radical (unpaired) electrons. The predicted molar refractivity (Wildman–Crippen MR) is 71.8 cm³/mol. The largest absolute Gasteiger partial charge is 0.388 e. The molecule has 0 aromatic carbocycles. The van der Waals surface area contributed by atoms with Crippen LogP contribution in [0.4, 0.5) is 0 Å². The molecule has 2 aliphatic carbocycles. The van der Waals surface area contributed by atoms with Crippen LogP contribution in [0.2, 0.25) is 0 Å². The number of morpholine rings is 1. The Morgan fingerprint density at radius 1 is 1.33 bits per heavy atom. The minimum atomic E-state index is 0.338. The summed E-state index contributed by atoms with van der Waals surface area (Å²) in [5, 5.41) is 7.52. The van der Waals surface area contributed by atoms with Crippen LogP contribution in [0, 0.1) is 10.8 Å². The van der Waals surface area contributed by atoms with Crippen molar-refractivity contribution in [2.45, 2.75) is 57.1 Å². The van der Waals surface area contributed by atoms with Crippen molar-refractivity contribution < 1.29 is 4.74 Å². The lowest BCUT2D eigenvalue weighted by Gasteiger charge is -2.45. The number of nitrogens with one attached hydrogen (secondary N) is 1. The molecule has 0 aromatic rings. The molecule has 0 spiro atoms. The fourth-order valence-corrected chi connectivity index (χ4v) is 3.78. The van der Waals surface area contributed by atoms with E-state index in [0.717, 1.165) is 26.1 Å². The average Bonchev–Trinajstić information content (AvgIpc) is 3.08. The summed E-state index contributed by atoms with van der Waals surface area (Å²) < 4.78 is 5.92. The van der Waals surface area contributed by atoms with Gasteiger partial charge in [0.1, 0.15) is 0 Å². The highest BCUT2D eigenvalue weighted by atomic mass is 16.5. The number of ether oxygens (including phenoxy) is 1. The Labute approximate surface area is 109 Å². The number of hydrogen-bond donors (Lipinski definition) is 2. The van der Waals surface area contributed by atoms with Crippen molar-refractivity contribution >= 4 is 5.84 Å². The van der Waals surface area contributed by atoms with E-state index in [9.17, 15) is 0 Å². The van der Waals surface area contributed by atoms with Crippen molar-refractivity contribution in [2.75, 3.05) is 19.7 Å². The highest BCUT2D eigenvalue weighted by molar-refractivity contribution is 5.78. The first-order chi connectivity index (χ1) is 8.69. The van der Waals surface area contributed by atoms with Gasteiger partial charge in [-0.3, -0.25) is 10.3 Å². The van der Waals surface area contributed by atoms with Crippen molar-refractivity contribution in [3.8, 4) is 0 Å². The minimum Gasteiger partial charge on any atom is -0.388 e. The van der Waals surface area contributed by atoms with E-state index in [1.807, 2.05) is 0 Å². The van der Waals surface area contributed by atoms with Crippen LogP contribution >= 0.6 is 0 Å². The fraction of sp³-hybridized carbons (Fsp3) is 0.929. The molecule has 4 nitrogen and oxygen atoms in total. The number of fused-ring (bicyclic) bond motifs is 1. The molecule has 102 valence electrons. The lowest BCUT2D eigenvalue weighted by atomic mass is 9.88. The normalized spacial score (nSPS) is 34.9. The van der Waals surface area contributed by atoms with Gasteiger partial charge < -0.3 is 10.5 Å². The molecule has 3 N–H and O–H groups in total. The summed E-state index contributed by atoms with van der Waals surface area (Å²) in [6.07, 6.45) is 8.97. The first kappa shape index (κ1) is 12.4. The third-order valence-electron chi connectivity index (χ3n) is 4.91. The van der Waals surface area contributed by atoms with E-state index < -0.39 is 0 Å². The van der Waals surface area contributed by atoms with E-state index in [2.05, 4.69) is 4.90 Å². The van der Waals surface area contributed by atoms with Gasteiger partial charge in [0.05, 0.1) is 18.5 Å². The first-order valence-corrected chi connectivity index (χ1v) is 7.37. The molecule has 2 unspecified atom stereocenters. The van der Waals surface area contributed by atoms with E-state index in [1.165, 1.54) is 38.5 Å². The van der Waals surface area contributed by atoms with E-state index >= 15 is 0 Å². The van der Waals surface area contributed by atoms with Gasteiger partial charge in [0.15, 0.2) is 0 Å². The zero-order chi connectivity index (χ0) is 12.6. The molecule has 18 heavy (non-hydrogen) atoms. The molecular formula is C14H25N3O. The Hall–Kier alpha value is -0.610. The summed E-state index contributed by atoms with van der Waals surface area (Å²) in [6.45, 7) is 3.09. The molecule has 2 saturated carbocycles. The summed E-state index contributed by atoms with van der Waals surface area (Å²) in [7, 11) is 0. The van der Waals surface area contributed by atoms with Gasteiger partial charge in [-0.1, -0.05) is 12.8 Å². The van der Waals surface area contributed by atoms with Crippen molar-refractivity contribution in [3.05, 3.63) is 0 Å². The monoisotopic (exact) mass is 251 g/mol.